The van der Waals surface area contributed by atoms with Gasteiger partial charge in [-0.25, -0.2) is 4.98 Å². The Morgan fingerprint density at radius 2 is 0.993 bits per heavy atom. The average molecular weight is 2040 g/mol. The van der Waals surface area contributed by atoms with E-state index in [0.717, 1.165) is 0 Å². The van der Waals surface area contributed by atoms with E-state index in [1.807, 2.05) is 0 Å². The highest BCUT2D eigenvalue weighted by molar-refractivity contribution is 6.31. The minimum atomic E-state index is -2.22. The number of rotatable bonds is 51. The van der Waals surface area contributed by atoms with Gasteiger partial charge in [0.15, 0.2) is 30.6 Å². The Kier molecular flexibility index (Phi) is 41.1. The number of ketones is 2. The highest BCUT2D eigenvalue weighted by atomic mass is 16.7. The Morgan fingerprint density at radius 1 is 0.555 bits per heavy atom. The van der Waals surface area contributed by atoms with E-state index in [4.69, 9.17) is 52.8 Å². The molecule has 2 aliphatic carbocycles. The summed E-state index contributed by atoms with van der Waals surface area (Å²) in [6.07, 6.45) is -6.71. The lowest BCUT2D eigenvalue weighted by molar-refractivity contribution is -0.245. The van der Waals surface area contributed by atoms with Crippen LogP contribution in [0.1, 0.15) is 192 Å². The number of phenolic OH excluding ortho intramolecular Hbond substituents is 5. The average Bonchev–Trinajstić information content (AvgIpc) is 0.740. The van der Waals surface area contributed by atoms with E-state index in [0.29, 0.717) is 16.7 Å². The Labute approximate surface area is 841 Å². The van der Waals surface area contributed by atoms with Crippen LogP contribution in [0.5, 0.6) is 34.5 Å². The third-order valence-electron chi connectivity index (χ3n) is 24.9. The number of benzene rings is 5. The summed E-state index contributed by atoms with van der Waals surface area (Å²) in [6.45, 7) is 14.3. The van der Waals surface area contributed by atoms with Gasteiger partial charge in [0.1, 0.15) is 107 Å². The number of nitrogens with two attached hydrogens (primary N) is 4. The number of methoxy groups -OCH3 is 1. The summed E-state index contributed by atoms with van der Waals surface area (Å²) in [6, 6.07) is 2.85. The summed E-state index contributed by atoms with van der Waals surface area (Å²) in [5.41, 5.74) is 20.0. The predicted molar refractivity (Wildman–Crippen MR) is 526 cm³/mol. The molecule has 1 aromatic heterocycles. The van der Waals surface area contributed by atoms with Gasteiger partial charge in [-0.3, -0.25) is 77.9 Å². The SMILES string of the molecule is COc1cccc2c1C(=O)c1c(O)c3c(c(O)c1C2=O)C[C@@](O)(/C(C)=N/OCC(=O)N[C@@H](CC(C)C)C(=O)N[C@@H](CCCNC(=N)N)C(=O)N[C@@H](CCCNC(=N)N)C(=O)N[C@@H](Cc1ccc(O)cc1)C(=O)N[C@H](C(=O)N[C@@H](Cc1cnc[nH]1)C(=O)N[C@@H](CC(C)C)C(=O)N[C@@H](Cc1ccc(O)cc1)C(=O)N[C@@H](Cc1ccc(O)cc1)C(=O)N[C@@H](C)C(=O)N[C@H](C(N)=O)[C@@H](C)O)C(C)C)C[C@@H]3O[C@H]1C[C@H](N)[C@H](O)[C@H](C)O1. The quantitative estimate of drug-likeness (QED) is 0.00653. The van der Waals surface area contributed by atoms with Gasteiger partial charge in [-0.15, -0.1) is 0 Å². The van der Waals surface area contributed by atoms with E-state index in [9.17, 15) is 79.2 Å². The van der Waals surface area contributed by atoms with Gasteiger partial charge in [0.25, 0.3) is 5.91 Å². The number of amides is 12. The van der Waals surface area contributed by atoms with Crippen molar-refractivity contribution in [3.63, 3.8) is 0 Å². The first kappa shape index (κ1) is 114. The minimum absolute atomic E-state index is 0.00628. The molecule has 1 saturated heterocycles. The van der Waals surface area contributed by atoms with Crippen LogP contribution in [0.15, 0.2) is 109 Å². The molecule has 18 atom stereocenters. The molecule has 48 nitrogen and oxygen atoms in total. The molecule has 32 N–H and O–H groups in total. The Bertz CT molecular complexity index is 5700. The van der Waals surface area contributed by atoms with Crippen LogP contribution in [0, 0.1) is 28.6 Å². The number of H-pyrrole nitrogens is 1. The van der Waals surface area contributed by atoms with Crippen LogP contribution >= 0.6 is 0 Å². The lowest BCUT2D eigenvalue weighted by atomic mass is 9.72. The molecule has 6 aromatic rings. The molecule has 0 spiro atoms. The number of carbonyl (C=O) groups excluding carboxylic acids is 14. The molecule has 1 aliphatic heterocycles. The van der Waals surface area contributed by atoms with E-state index in [2.05, 4.69) is 84.2 Å². The summed E-state index contributed by atoms with van der Waals surface area (Å²) in [5.74, 6) is -18.0. The van der Waals surface area contributed by atoms with E-state index in [1.54, 1.807) is 41.5 Å². The fourth-order valence-corrected chi connectivity index (χ4v) is 17.0. The number of aliphatic hydroxyl groups is 3. The highest BCUT2D eigenvalue weighted by Gasteiger charge is 2.50. The second kappa shape index (κ2) is 52.4. The predicted octanol–water partition coefficient (Wildman–Crippen LogP) is -1.86. The number of hydrogen-bond donors (Lipinski definition) is 28. The lowest BCUT2D eigenvalue weighted by Crippen LogP contribution is -2.62. The first-order valence-electron chi connectivity index (χ1n) is 47.7. The molecule has 146 heavy (non-hydrogen) atoms. The molecule has 48 heteroatoms. The molecule has 0 saturated carbocycles. The second-order valence-corrected chi connectivity index (χ2v) is 37.8. The number of primary amides is 1. The fraction of sp³-hybridized carbons (Fsp3) is 0.490. The molecule has 2 heterocycles. The Hall–Kier alpha value is -15.1. The van der Waals surface area contributed by atoms with Crippen LogP contribution in [-0.2, 0) is 104 Å². The molecule has 792 valence electrons. The van der Waals surface area contributed by atoms with E-state index in [-0.39, 0.29) is 152 Å². The number of guanidine groups is 2. The number of aliphatic hydroxyl groups excluding tert-OH is 2. The number of fused-ring (bicyclic) bond motifs is 3. The normalized spacial score (nSPS) is 18.9. The van der Waals surface area contributed by atoms with Gasteiger partial charge in [0, 0.05) is 92.7 Å². The van der Waals surface area contributed by atoms with Crippen LogP contribution in [0.4, 0.5) is 0 Å². The zero-order chi connectivity index (χ0) is 108. The molecule has 0 radical (unpaired) electrons. The summed E-state index contributed by atoms with van der Waals surface area (Å²) in [7, 11) is 1.28. The van der Waals surface area contributed by atoms with E-state index >= 15 is 28.8 Å². The van der Waals surface area contributed by atoms with Gasteiger partial charge in [-0.1, -0.05) is 95.2 Å². The maximum absolute atomic E-state index is 15.3. The van der Waals surface area contributed by atoms with Gasteiger partial charge in [0.2, 0.25) is 70.8 Å². The van der Waals surface area contributed by atoms with Crippen molar-refractivity contribution in [3.05, 3.63) is 159 Å². The molecule has 9 rings (SSSR count). The molecule has 3 aliphatic rings. The largest absolute Gasteiger partial charge is 0.508 e. The molecule has 12 amide bonds. The number of ether oxygens (including phenoxy) is 3. The number of aromatic amines is 1. The van der Waals surface area contributed by atoms with Gasteiger partial charge in [-0.05, 0) is 143 Å². The van der Waals surface area contributed by atoms with Gasteiger partial charge in [-0.2, -0.15) is 0 Å². The van der Waals surface area contributed by atoms with Crippen molar-refractivity contribution in [1.29, 1.82) is 10.8 Å². The Morgan fingerprint density at radius 3 is 1.45 bits per heavy atom. The minimum Gasteiger partial charge on any atom is -0.508 e. The van der Waals surface area contributed by atoms with Crippen LogP contribution in [0.2, 0.25) is 0 Å². The first-order valence-corrected chi connectivity index (χ1v) is 47.7. The Balaban J connectivity index is 0.932. The standard InChI is InChI=1S/C98H134N22O26/c1-45(2)33-64(110-72(125)43-144-120-51(10)98(142)40-60-75(71(41-98)146-73-39-61(99)80(126)50(9)145-73)84(130)77-76(82(60)128)81(127)59-15-12-18-70(143-11)74(59)83(77)129)90(136)112-62(16-13-31-106-96(101)102)87(133)111-63(17-14-32-107-97(103)104)88(134)114-68(37-54-23-29-58(124)30-24-54)94(140)118-78(47(5)6)95(141)117-69(38-55-42-105-44-108-55)93(139)113-65(34-46(3)4)91(137)116-67(36-53-21-27-57(123)28-22-53)92(138)115-66(35-52-19-25-56(122)26-20-52)89(135)109-48(7)86(132)119-79(49(8)121)85(100)131/h12,15,18-30,42,44-50,61-69,71,73,78-80,121-124,126,128,130,142H,13-14,16-17,31-41,43,99H2,1-11H3,(H2,100,131)(H,105,108)(H,109,135)(H,110,125)(H,111,133)(H,112,136)(H,113,139)(H,114,134)(H,115,138)(H,116,137)(H,117,141)(H,118,140)(H,119,132)(H4,101,102,106)(H4,103,104,107)/b120-51+/t48-,49+,50-,61-,62-,63-,64-,65-,66-,67-,68-,69-,71-,73-,78-,79-,80+,98-/m0/s1. The fourth-order valence-electron chi connectivity index (χ4n) is 17.0. The number of imidazole rings is 1. The van der Waals surface area contributed by atoms with Crippen LogP contribution < -0.4 is 96.8 Å². The zero-order valence-electron chi connectivity index (χ0n) is 82.8. The van der Waals surface area contributed by atoms with E-state index < -0.39 is 251 Å². The number of oxime groups is 1. The number of nitrogens with one attached hydrogen (secondary N) is 16. The van der Waals surface area contributed by atoms with Gasteiger partial charge >= 0.3 is 0 Å². The molecule has 5 aromatic carbocycles. The molecule has 1 fully saturated rings. The number of nitrogens with zero attached hydrogens (tertiary/aromatic N) is 2. The van der Waals surface area contributed by atoms with Crippen molar-refractivity contribution in [2.75, 3.05) is 26.8 Å². The summed E-state index contributed by atoms with van der Waals surface area (Å²) in [5, 5.41) is 143. The smallest absolute Gasteiger partial charge is 0.261 e. The maximum Gasteiger partial charge on any atom is 0.261 e. The monoisotopic (exact) mass is 2030 g/mol. The third-order valence-corrected chi connectivity index (χ3v) is 24.9. The highest BCUT2D eigenvalue weighted by Crippen LogP contribution is 2.53. The van der Waals surface area contributed by atoms with Gasteiger partial charge in [0.05, 0.1) is 60.3 Å². The third kappa shape index (κ3) is 31.7. The molecular weight excluding hydrogens is 1900 g/mol. The summed E-state index contributed by atoms with van der Waals surface area (Å²) >= 11 is 0. The van der Waals surface area contributed by atoms with Crippen molar-refractivity contribution in [2.24, 2.45) is 45.8 Å². The summed E-state index contributed by atoms with van der Waals surface area (Å²) in [4.78, 5) is 216. The maximum atomic E-state index is 15.3. The molecular formula is C98H134N22O26. The second-order valence-electron chi connectivity index (χ2n) is 37.8. The zero-order valence-corrected chi connectivity index (χ0v) is 82.8. The van der Waals surface area contributed by atoms with Crippen molar-refractivity contribution in [2.45, 2.75) is 262 Å². The number of aromatic nitrogens is 2. The molecule has 0 bridgehead atoms. The van der Waals surface area contributed by atoms with Crippen molar-refractivity contribution in [3.8, 4) is 34.5 Å². The summed E-state index contributed by atoms with van der Waals surface area (Å²) < 4.78 is 17.8. The van der Waals surface area contributed by atoms with E-state index in [1.165, 1.54) is 138 Å². The number of phenols is 5. The number of carbonyl (C=O) groups is 14. The topological polar surface area (TPSA) is 787 Å². The number of hydrogen-bond acceptors (Lipinski definition) is 31. The van der Waals surface area contributed by atoms with Crippen molar-refractivity contribution in [1.82, 2.24) is 79.1 Å². The van der Waals surface area contributed by atoms with Crippen LogP contribution in [0.25, 0.3) is 0 Å². The van der Waals surface area contributed by atoms with Crippen molar-refractivity contribution >= 4 is 100 Å². The number of aromatic hydroxyl groups is 5. The first-order chi connectivity index (χ1) is 68.9. The van der Waals surface area contributed by atoms with Gasteiger partial charge < -0.3 is 157 Å². The molecule has 0 unspecified atom stereocenters. The lowest BCUT2D eigenvalue weighted by Gasteiger charge is -2.42. The van der Waals surface area contributed by atoms with Crippen molar-refractivity contribution < 1.29 is 127 Å². The van der Waals surface area contributed by atoms with Crippen LogP contribution in [-0.4, -0.2) is 280 Å². The van der Waals surface area contributed by atoms with Crippen LogP contribution in [0.3, 0.4) is 0 Å².